The summed E-state index contributed by atoms with van der Waals surface area (Å²) in [6, 6.07) is 8.10. The van der Waals surface area contributed by atoms with Crippen molar-refractivity contribution in [1.29, 1.82) is 0 Å². The fourth-order valence-corrected chi connectivity index (χ4v) is 2.67. The van der Waals surface area contributed by atoms with Crippen LogP contribution >= 0.6 is 0 Å². The third-order valence-corrected chi connectivity index (χ3v) is 4.64. The molecule has 0 aliphatic rings. The molecule has 0 saturated carbocycles. The second-order valence-electron chi connectivity index (χ2n) is 5.10. The summed E-state index contributed by atoms with van der Waals surface area (Å²) < 4.78 is 26.7. The Kier molecular flexibility index (Phi) is 3.66. The van der Waals surface area contributed by atoms with Gasteiger partial charge in [0.15, 0.2) is 0 Å². The van der Waals surface area contributed by atoms with E-state index in [1.54, 1.807) is 45.9 Å². The van der Waals surface area contributed by atoms with E-state index in [0.717, 1.165) is 0 Å². The topological polar surface area (TPSA) is 66.4 Å². The number of sulfonamides is 1. The SMILES string of the molecule is CC(C)(O)C(C)(C)NS(=O)(=O)c1ccccc1. The van der Waals surface area contributed by atoms with Gasteiger partial charge < -0.3 is 5.11 Å². The summed E-state index contributed by atoms with van der Waals surface area (Å²) in [4.78, 5) is 0.192. The minimum absolute atomic E-state index is 0.192. The highest BCUT2D eigenvalue weighted by atomic mass is 32.2. The van der Waals surface area contributed by atoms with Gasteiger partial charge in [0.25, 0.3) is 0 Å². The number of nitrogens with one attached hydrogen (secondary N) is 1. The largest absolute Gasteiger partial charge is 0.389 e. The highest BCUT2D eigenvalue weighted by Crippen LogP contribution is 2.23. The molecule has 0 bridgehead atoms. The van der Waals surface area contributed by atoms with Crippen molar-refractivity contribution in [3.8, 4) is 0 Å². The minimum atomic E-state index is -3.61. The van der Waals surface area contributed by atoms with Crippen molar-refractivity contribution in [2.24, 2.45) is 0 Å². The van der Waals surface area contributed by atoms with Crippen molar-refractivity contribution < 1.29 is 13.5 Å². The lowest BCUT2D eigenvalue weighted by Crippen LogP contribution is -2.57. The molecule has 5 heteroatoms. The van der Waals surface area contributed by atoms with E-state index in [9.17, 15) is 13.5 Å². The predicted octanol–water partition coefficient (Wildman–Crippen LogP) is 1.51. The summed E-state index contributed by atoms with van der Waals surface area (Å²) in [5.41, 5.74) is -2.11. The van der Waals surface area contributed by atoms with Gasteiger partial charge in [-0.1, -0.05) is 18.2 Å². The van der Waals surface area contributed by atoms with E-state index in [1.807, 2.05) is 0 Å². The second-order valence-corrected chi connectivity index (χ2v) is 6.78. The van der Waals surface area contributed by atoms with Gasteiger partial charge in [-0.05, 0) is 39.8 Å². The number of hydrogen-bond donors (Lipinski definition) is 2. The zero-order valence-corrected chi connectivity index (χ0v) is 11.4. The Balaban J connectivity index is 3.04. The van der Waals surface area contributed by atoms with Crippen molar-refractivity contribution in [3.05, 3.63) is 30.3 Å². The van der Waals surface area contributed by atoms with Gasteiger partial charge in [-0.2, -0.15) is 0 Å². The predicted molar refractivity (Wildman–Crippen MR) is 67.1 cm³/mol. The molecule has 0 heterocycles. The summed E-state index contributed by atoms with van der Waals surface area (Å²) >= 11 is 0. The normalized spacial score (nSPS) is 13.7. The molecule has 0 radical (unpaired) electrons. The molecule has 0 atom stereocenters. The van der Waals surface area contributed by atoms with E-state index < -0.39 is 21.2 Å². The van der Waals surface area contributed by atoms with Crippen LogP contribution in [0.5, 0.6) is 0 Å². The zero-order chi connectivity index (χ0) is 13.3. The number of hydrogen-bond acceptors (Lipinski definition) is 3. The average Bonchev–Trinajstić information content (AvgIpc) is 2.15. The Morgan fingerprint density at radius 1 is 1.06 bits per heavy atom. The van der Waals surface area contributed by atoms with E-state index in [2.05, 4.69) is 4.72 Å². The van der Waals surface area contributed by atoms with E-state index in [4.69, 9.17) is 0 Å². The molecule has 1 aromatic rings. The molecule has 0 amide bonds. The summed E-state index contributed by atoms with van der Waals surface area (Å²) in [6.07, 6.45) is 0. The summed E-state index contributed by atoms with van der Waals surface area (Å²) in [7, 11) is -3.61. The van der Waals surface area contributed by atoms with E-state index in [1.165, 1.54) is 12.1 Å². The third-order valence-electron chi connectivity index (χ3n) is 2.97. The molecular weight excluding hydrogens is 238 g/mol. The van der Waals surface area contributed by atoms with Crippen molar-refractivity contribution in [2.75, 3.05) is 0 Å². The Bertz CT molecular complexity index is 472. The highest BCUT2D eigenvalue weighted by molar-refractivity contribution is 7.89. The van der Waals surface area contributed by atoms with Crippen molar-refractivity contribution in [2.45, 2.75) is 43.7 Å². The summed E-state index contributed by atoms with van der Waals surface area (Å²) in [5.74, 6) is 0. The first-order valence-electron chi connectivity index (χ1n) is 5.38. The van der Waals surface area contributed by atoms with Crippen LogP contribution in [0.4, 0.5) is 0 Å². The molecule has 2 N–H and O–H groups in total. The lowest BCUT2D eigenvalue weighted by molar-refractivity contribution is 0.00639. The van der Waals surface area contributed by atoms with Crippen molar-refractivity contribution in [3.63, 3.8) is 0 Å². The quantitative estimate of drug-likeness (QED) is 0.859. The van der Waals surface area contributed by atoms with Crippen LogP contribution in [0.2, 0.25) is 0 Å². The molecule has 1 aromatic carbocycles. The molecule has 0 aromatic heterocycles. The zero-order valence-electron chi connectivity index (χ0n) is 10.6. The van der Waals surface area contributed by atoms with Gasteiger partial charge in [0.2, 0.25) is 10.0 Å². The molecule has 0 spiro atoms. The monoisotopic (exact) mass is 257 g/mol. The van der Waals surface area contributed by atoms with Gasteiger partial charge in [0.1, 0.15) is 0 Å². The first-order chi connectivity index (χ1) is 7.56. The molecule has 0 unspecified atom stereocenters. The summed E-state index contributed by atoms with van der Waals surface area (Å²) in [5, 5.41) is 9.93. The van der Waals surface area contributed by atoms with Crippen LogP contribution in [0, 0.1) is 0 Å². The molecule has 4 nitrogen and oxygen atoms in total. The number of rotatable bonds is 4. The van der Waals surface area contributed by atoms with Gasteiger partial charge in [-0.25, -0.2) is 13.1 Å². The number of aliphatic hydroxyl groups is 1. The third kappa shape index (κ3) is 3.28. The van der Waals surface area contributed by atoms with Crippen LogP contribution in [0.3, 0.4) is 0 Å². The number of benzene rings is 1. The first-order valence-corrected chi connectivity index (χ1v) is 6.86. The molecule has 1 rings (SSSR count). The first kappa shape index (κ1) is 14.2. The fraction of sp³-hybridized carbons (Fsp3) is 0.500. The summed E-state index contributed by atoms with van der Waals surface area (Å²) in [6.45, 7) is 6.43. The van der Waals surface area contributed by atoms with Gasteiger partial charge in [-0.3, -0.25) is 0 Å². The molecule has 0 fully saturated rings. The molecule has 0 saturated heterocycles. The molecular formula is C12H19NO3S. The highest BCUT2D eigenvalue weighted by Gasteiger charge is 2.38. The van der Waals surface area contributed by atoms with Gasteiger partial charge in [0.05, 0.1) is 16.0 Å². The fourth-order valence-electron chi connectivity index (χ4n) is 1.12. The van der Waals surface area contributed by atoms with Crippen molar-refractivity contribution in [1.82, 2.24) is 4.72 Å². The van der Waals surface area contributed by atoms with Crippen LogP contribution in [-0.4, -0.2) is 24.7 Å². The Hall–Kier alpha value is -0.910. The van der Waals surface area contributed by atoms with Crippen LogP contribution in [0.15, 0.2) is 35.2 Å². The maximum Gasteiger partial charge on any atom is 0.241 e. The second kappa shape index (κ2) is 4.40. The Morgan fingerprint density at radius 2 is 1.53 bits per heavy atom. The molecule has 96 valence electrons. The lowest BCUT2D eigenvalue weighted by Gasteiger charge is -2.37. The van der Waals surface area contributed by atoms with Gasteiger partial charge in [0, 0.05) is 0 Å². The van der Waals surface area contributed by atoms with E-state index in [0.29, 0.717) is 0 Å². The maximum absolute atomic E-state index is 12.1. The van der Waals surface area contributed by atoms with Gasteiger partial charge >= 0.3 is 0 Å². The van der Waals surface area contributed by atoms with Crippen molar-refractivity contribution >= 4 is 10.0 Å². The van der Waals surface area contributed by atoms with Crippen LogP contribution < -0.4 is 4.72 Å². The van der Waals surface area contributed by atoms with Gasteiger partial charge in [-0.15, -0.1) is 0 Å². The molecule has 17 heavy (non-hydrogen) atoms. The molecule has 0 aliphatic heterocycles. The van der Waals surface area contributed by atoms with E-state index in [-0.39, 0.29) is 4.90 Å². The lowest BCUT2D eigenvalue weighted by atomic mass is 9.87. The van der Waals surface area contributed by atoms with Crippen LogP contribution in [0.25, 0.3) is 0 Å². The van der Waals surface area contributed by atoms with Crippen LogP contribution in [0.1, 0.15) is 27.7 Å². The standard InChI is InChI=1S/C12H19NO3S/c1-11(2,12(3,4)14)13-17(15,16)10-8-6-5-7-9-10/h5-9,13-14H,1-4H3. The minimum Gasteiger partial charge on any atom is -0.389 e. The Morgan fingerprint density at radius 3 is 1.94 bits per heavy atom. The maximum atomic E-state index is 12.1. The van der Waals surface area contributed by atoms with E-state index >= 15 is 0 Å². The Labute approximate surface area is 103 Å². The molecule has 0 aliphatic carbocycles. The smallest absolute Gasteiger partial charge is 0.241 e. The van der Waals surface area contributed by atoms with Crippen LogP contribution in [-0.2, 0) is 10.0 Å². The average molecular weight is 257 g/mol.